The monoisotopic (exact) mass is 328 g/mol. The van der Waals surface area contributed by atoms with Crippen molar-refractivity contribution < 1.29 is 9.59 Å². The van der Waals surface area contributed by atoms with Gasteiger partial charge >= 0.3 is 0 Å². The van der Waals surface area contributed by atoms with Crippen LogP contribution in [0.4, 0.5) is 0 Å². The molecule has 0 fully saturated rings. The molecule has 1 atom stereocenters. The molecule has 2 rings (SSSR count). The van der Waals surface area contributed by atoms with Crippen LogP contribution in [0.3, 0.4) is 0 Å². The summed E-state index contributed by atoms with van der Waals surface area (Å²) >= 11 is 0. The van der Waals surface area contributed by atoms with Gasteiger partial charge in [0.05, 0.1) is 11.1 Å². The van der Waals surface area contributed by atoms with E-state index in [0.717, 1.165) is 19.3 Å². The van der Waals surface area contributed by atoms with Crippen molar-refractivity contribution in [2.75, 3.05) is 6.54 Å². The zero-order valence-electron chi connectivity index (χ0n) is 14.5. The lowest BCUT2D eigenvalue weighted by atomic mass is 9.90. The fourth-order valence-corrected chi connectivity index (χ4v) is 3.02. The number of nitrogens with zero attached hydrogens (tertiary/aromatic N) is 4. The van der Waals surface area contributed by atoms with Gasteiger partial charge < -0.3 is 0 Å². The average molecular weight is 328 g/mol. The van der Waals surface area contributed by atoms with E-state index >= 15 is 0 Å². The number of carbonyl (C=O) groups excluding carboxylic acids is 2. The molecule has 0 radical (unpaired) electrons. The van der Waals surface area contributed by atoms with Crippen molar-refractivity contribution in [3.8, 4) is 0 Å². The van der Waals surface area contributed by atoms with Crippen molar-refractivity contribution in [2.45, 2.75) is 52.0 Å². The lowest BCUT2D eigenvalue weighted by Gasteiger charge is -2.26. The number of hydrogen-bond donors (Lipinski definition) is 0. The van der Waals surface area contributed by atoms with Crippen molar-refractivity contribution in [2.24, 2.45) is 11.0 Å². The quantitative estimate of drug-likeness (QED) is 0.303. The molecule has 1 aliphatic heterocycles. The van der Waals surface area contributed by atoms with E-state index in [0.29, 0.717) is 23.5 Å². The number of amides is 2. The topological polar surface area (TPSA) is 86.1 Å². The molecular weight excluding hydrogens is 304 g/mol. The number of rotatable bonds is 8. The number of carbonyl (C=O) groups is 2. The van der Waals surface area contributed by atoms with Crippen LogP contribution in [-0.2, 0) is 0 Å². The SMILES string of the molecule is CC(C)CCCC(C)(CCN1C(=O)c2ccccc2C1=O)N=[N+]=[N-]. The van der Waals surface area contributed by atoms with Gasteiger partial charge in [0.2, 0.25) is 0 Å². The fourth-order valence-electron chi connectivity index (χ4n) is 3.02. The maximum absolute atomic E-state index is 12.4. The Kier molecular flexibility index (Phi) is 5.62. The zero-order valence-corrected chi connectivity index (χ0v) is 14.5. The van der Waals surface area contributed by atoms with E-state index < -0.39 is 5.54 Å². The number of hydrogen-bond acceptors (Lipinski definition) is 3. The summed E-state index contributed by atoms with van der Waals surface area (Å²) in [6, 6.07) is 6.85. The highest BCUT2D eigenvalue weighted by Crippen LogP contribution is 2.28. The van der Waals surface area contributed by atoms with E-state index in [9.17, 15) is 9.59 Å². The van der Waals surface area contributed by atoms with E-state index in [-0.39, 0.29) is 18.4 Å². The Morgan fingerprint density at radius 2 is 1.75 bits per heavy atom. The van der Waals surface area contributed by atoms with E-state index in [1.807, 2.05) is 6.92 Å². The summed E-state index contributed by atoms with van der Waals surface area (Å²) in [5.41, 5.74) is 9.18. The number of imide groups is 1. The molecule has 24 heavy (non-hydrogen) atoms. The van der Waals surface area contributed by atoms with Gasteiger partial charge in [0.15, 0.2) is 0 Å². The molecule has 0 saturated carbocycles. The Labute approximate surface area is 142 Å². The largest absolute Gasteiger partial charge is 0.274 e. The lowest BCUT2D eigenvalue weighted by Crippen LogP contribution is -2.35. The van der Waals surface area contributed by atoms with Crippen LogP contribution in [0.15, 0.2) is 29.4 Å². The van der Waals surface area contributed by atoms with E-state index in [2.05, 4.69) is 23.9 Å². The van der Waals surface area contributed by atoms with Crippen LogP contribution in [0.5, 0.6) is 0 Å². The summed E-state index contributed by atoms with van der Waals surface area (Å²) in [6.07, 6.45) is 3.23. The van der Waals surface area contributed by atoms with Crippen molar-refractivity contribution >= 4 is 11.8 Å². The van der Waals surface area contributed by atoms with E-state index in [1.54, 1.807) is 24.3 Å². The highest BCUT2D eigenvalue weighted by molar-refractivity contribution is 6.21. The van der Waals surface area contributed by atoms with Gasteiger partial charge in [-0.05, 0) is 36.4 Å². The maximum Gasteiger partial charge on any atom is 0.261 e. The minimum absolute atomic E-state index is 0.263. The van der Waals surface area contributed by atoms with Crippen molar-refractivity contribution in [3.63, 3.8) is 0 Å². The van der Waals surface area contributed by atoms with Crippen LogP contribution in [0.25, 0.3) is 10.4 Å². The summed E-state index contributed by atoms with van der Waals surface area (Å²) in [5, 5.41) is 3.94. The molecule has 0 bridgehead atoms. The second-order valence-electron chi connectivity index (χ2n) is 7.03. The minimum atomic E-state index is -0.584. The Balaban J connectivity index is 2.04. The fraction of sp³-hybridized carbons (Fsp3) is 0.556. The third-order valence-corrected chi connectivity index (χ3v) is 4.54. The first-order valence-corrected chi connectivity index (χ1v) is 8.39. The molecule has 1 aromatic carbocycles. The van der Waals surface area contributed by atoms with Crippen molar-refractivity contribution in [1.29, 1.82) is 0 Å². The molecule has 1 aliphatic rings. The van der Waals surface area contributed by atoms with Crippen LogP contribution >= 0.6 is 0 Å². The molecule has 6 nitrogen and oxygen atoms in total. The van der Waals surface area contributed by atoms with Crippen LogP contribution in [0, 0.1) is 5.92 Å². The number of fused-ring (bicyclic) bond motifs is 1. The summed E-state index contributed by atoms with van der Waals surface area (Å²) in [6.45, 7) is 6.47. The van der Waals surface area contributed by atoms with Gasteiger partial charge in [0.1, 0.15) is 0 Å². The van der Waals surface area contributed by atoms with Gasteiger partial charge in [0, 0.05) is 17.0 Å². The lowest BCUT2D eigenvalue weighted by molar-refractivity contribution is 0.0643. The molecular formula is C18H24N4O2. The molecule has 1 aromatic rings. The van der Waals surface area contributed by atoms with Gasteiger partial charge in [-0.1, -0.05) is 50.9 Å². The highest BCUT2D eigenvalue weighted by atomic mass is 16.2. The van der Waals surface area contributed by atoms with Crippen molar-refractivity contribution in [3.05, 3.63) is 45.8 Å². The predicted octanol–water partition coefficient (Wildman–Crippen LogP) is 4.57. The molecule has 0 N–H and O–H groups in total. The van der Waals surface area contributed by atoms with Gasteiger partial charge in [-0.15, -0.1) is 0 Å². The number of azide groups is 1. The van der Waals surface area contributed by atoms with E-state index in [4.69, 9.17) is 5.53 Å². The first-order valence-electron chi connectivity index (χ1n) is 8.39. The number of benzene rings is 1. The predicted molar refractivity (Wildman–Crippen MR) is 92.7 cm³/mol. The van der Waals surface area contributed by atoms with Gasteiger partial charge in [0.25, 0.3) is 11.8 Å². The van der Waals surface area contributed by atoms with Gasteiger partial charge in [-0.3, -0.25) is 14.5 Å². The Bertz CT molecular complexity index is 644. The molecule has 2 amide bonds. The molecule has 128 valence electrons. The minimum Gasteiger partial charge on any atom is -0.274 e. The normalized spacial score (nSPS) is 16.1. The van der Waals surface area contributed by atoms with Crippen molar-refractivity contribution in [1.82, 2.24) is 4.90 Å². The van der Waals surface area contributed by atoms with E-state index in [1.165, 1.54) is 4.90 Å². The third kappa shape index (κ3) is 3.95. The van der Waals surface area contributed by atoms with Gasteiger partial charge in [-0.25, -0.2) is 0 Å². The second-order valence-corrected chi connectivity index (χ2v) is 7.03. The standard InChI is InChI=1S/C18H24N4O2/c1-13(2)7-6-10-18(3,20-21-19)11-12-22-16(23)14-8-4-5-9-15(14)17(22)24/h4-5,8-9,13H,6-7,10-12H2,1-3H3. The second kappa shape index (κ2) is 7.49. The zero-order chi connectivity index (χ0) is 17.7. The Hall–Kier alpha value is -2.33. The molecule has 0 spiro atoms. The molecule has 6 heteroatoms. The summed E-state index contributed by atoms with van der Waals surface area (Å²) in [5.74, 6) is 0.0682. The summed E-state index contributed by atoms with van der Waals surface area (Å²) in [4.78, 5) is 29.0. The maximum atomic E-state index is 12.4. The molecule has 1 unspecified atom stereocenters. The first kappa shape index (κ1) is 18.0. The average Bonchev–Trinajstić information content (AvgIpc) is 2.77. The van der Waals surface area contributed by atoms with Crippen LogP contribution in [0.2, 0.25) is 0 Å². The summed E-state index contributed by atoms with van der Waals surface area (Å²) < 4.78 is 0. The Morgan fingerprint density at radius 3 is 2.25 bits per heavy atom. The smallest absolute Gasteiger partial charge is 0.261 e. The third-order valence-electron chi connectivity index (χ3n) is 4.54. The van der Waals surface area contributed by atoms with Crippen LogP contribution < -0.4 is 0 Å². The Morgan fingerprint density at radius 1 is 1.17 bits per heavy atom. The highest BCUT2D eigenvalue weighted by Gasteiger charge is 2.36. The van der Waals surface area contributed by atoms with Crippen LogP contribution in [-0.4, -0.2) is 28.8 Å². The molecule has 0 aromatic heterocycles. The molecule has 1 heterocycles. The van der Waals surface area contributed by atoms with Gasteiger partial charge in [-0.2, -0.15) is 0 Å². The summed E-state index contributed by atoms with van der Waals surface area (Å²) in [7, 11) is 0. The van der Waals surface area contributed by atoms with Crippen LogP contribution in [0.1, 0.15) is 67.2 Å². The first-order chi connectivity index (χ1) is 11.4. The molecule has 0 saturated heterocycles. The molecule has 0 aliphatic carbocycles.